The molecule has 0 aliphatic carbocycles. The van der Waals surface area contributed by atoms with Crippen molar-refractivity contribution in [2.24, 2.45) is 5.92 Å². The Hall–Kier alpha value is -1.82. The minimum Gasteiger partial charge on any atom is -0.437 e. The molecule has 0 saturated carbocycles. The van der Waals surface area contributed by atoms with Gasteiger partial charge in [0.05, 0.1) is 0 Å². The van der Waals surface area contributed by atoms with E-state index in [0.29, 0.717) is 18.1 Å². The SMILES string of the molecule is CNCC(C)C(=O)Nc1cccnc1Oc1cccc(C)c1C.Cl.Cl. The molecule has 1 atom stereocenters. The van der Waals surface area contributed by atoms with E-state index in [9.17, 15) is 4.79 Å². The number of carbonyl (C=O) groups is 1. The van der Waals surface area contributed by atoms with Gasteiger partial charge >= 0.3 is 0 Å². The molecule has 1 aromatic carbocycles. The van der Waals surface area contributed by atoms with Crippen molar-refractivity contribution < 1.29 is 9.53 Å². The van der Waals surface area contributed by atoms with Crippen LogP contribution in [0.25, 0.3) is 0 Å². The summed E-state index contributed by atoms with van der Waals surface area (Å²) in [4.78, 5) is 16.4. The monoisotopic (exact) mass is 385 g/mol. The van der Waals surface area contributed by atoms with Crippen molar-refractivity contribution in [2.75, 3.05) is 18.9 Å². The molecule has 0 saturated heterocycles. The van der Waals surface area contributed by atoms with Gasteiger partial charge in [-0.2, -0.15) is 0 Å². The lowest BCUT2D eigenvalue weighted by Gasteiger charge is -2.15. The summed E-state index contributed by atoms with van der Waals surface area (Å²) in [5.74, 6) is 0.917. The largest absolute Gasteiger partial charge is 0.437 e. The molecule has 2 N–H and O–H groups in total. The molecule has 0 aliphatic rings. The molecule has 5 nitrogen and oxygen atoms in total. The van der Waals surface area contributed by atoms with Crippen LogP contribution in [-0.4, -0.2) is 24.5 Å². The van der Waals surface area contributed by atoms with Gasteiger partial charge in [0.2, 0.25) is 11.8 Å². The van der Waals surface area contributed by atoms with E-state index in [-0.39, 0.29) is 36.6 Å². The molecule has 0 aliphatic heterocycles. The Morgan fingerprint density at radius 3 is 2.60 bits per heavy atom. The Kier molecular flexibility index (Phi) is 10.1. The maximum atomic E-state index is 12.2. The van der Waals surface area contributed by atoms with Gasteiger partial charge in [0.1, 0.15) is 11.4 Å². The van der Waals surface area contributed by atoms with E-state index in [1.165, 1.54) is 0 Å². The number of nitrogens with one attached hydrogen (secondary N) is 2. The third-order valence-electron chi connectivity index (χ3n) is 3.75. The molecule has 0 radical (unpaired) electrons. The number of pyridine rings is 1. The van der Waals surface area contributed by atoms with Crippen LogP contribution in [0, 0.1) is 19.8 Å². The van der Waals surface area contributed by atoms with Crippen molar-refractivity contribution in [1.82, 2.24) is 10.3 Å². The molecular formula is C18H25Cl2N3O2. The summed E-state index contributed by atoms with van der Waals surface area (Å²) in [5, 5.41) is 5.88. The number of nitrogens with zero attached hydrogens (tertiary/aromatic N) is 1. The lowest BCUT2D eigenvalue weighted by atomic mass is 10.1. The number of rotatable bonds is 6. The van der Waals surface area contributed by atoms with E-state index >= 15 is 0 Å². The summed E-state index contributed by atoms with van der Waals surface area (Å²) in [7, 11) is 1.82. The van der Waals surface area contributed by atoms with Crippen LogP contribution in [0.4, 0.5) is 5.69 Å². The van der Waals surface area contributed by atoms with Crippen molar-refractivity contribution in [2.45, 2.75) is 20.8 Å². The normalized spacial score (nSPS) is 10.9. The fraction of sp³-hybridized carbons (Fsp3) is 0.333. The second-order valence-electron chi connectivity index (χ2n) is 5.60. The first-order chi connectivity index (χ1) is 11.0. The first kappa shape index (κ1) is 23.2. The van der Waals surface area contributed by atoms with Crippen molar-refractivity contribution in [3.05, 3.63) is 47.7 Å². The quantitative estimate of drug-likeness (QED) is 0.784. The molecular weight excluding hydrogens is 361 g/mol. The average Bonchev–Trinajstić information content (AvgIpc) is 2.53. The highest BCUT2D eigenvalue weighted by atomic mass is 35.5. The second-order valence-corrected chi connectivity index (χ2v) is 5.60. The summed E-state index contributed by atoms with van der Waals surface area (Å²) in [6.45, 7) is 6.51. The molecule has 138 valence electrons. The highest BCUT2D eigenvalue weighted by Crippen LogP contribution is 2.30. The molecule has 7 heteroatoms. The molecule has 0 fully saturated rings. The average molecular weight is 386 g/mol. The highest BCUT2D eigenvalue weighted by Gasteiger charge is 2.15. The van der Waals surface area contributed by atoms with Crippen LogP contribution in [0.2, 0.25) is 0 Å². The predicted octanol–water partition coefficient (Wildman–Crippen LogP) is 4.13. The van der Waals surface area contributed by atoms with Crippen molar-refractivity contribution in [3.63, 3.8) is 0 Å². The fourth-order valence-electron chi connectivity index (χ4n) is 2.16. The number of anilines is 1. The summed E-state index contributed by atoms with van der Waals surface area (Å²) < 4.78 is 5.92. The van der Waals surface area contributed by atoms with Crippen LogP contribution in [0.5, 0.6) is 11.6 Å². The van der Waals surface area contributed by atoms with Gasteiger partial charge in [-0.3, -0.25) is 4.79 Å². The first-order valence-electron chi connectivity index (χ1n) is 7.67. The molecule has 1 amide bonds. The van der Waals surface area contributed by atoms with E-state index < -0.39 is 0 Å². The third kappa shape index (κ3) is 6.20. The lowest BCUT2D eigenvalue weighted by Crippen LogP contribution is -2.28. The van der Waals surface area contributed by atoms with Crippen LogP contribution >= 0.6 is 24.8 Å². The summed E-state index contributed by atoms with van der Waals surface area (Å²) >= 11 is 0. The number of benzene rings is 1. The standard InChI is InChI=1S/C18H23N3O2.2ClH/c1-12-7-5-9-16(14(12)3)23-18-15(8-6-10-20-18)21-17(22)13(2)11-19-4;;/h5-10,13,19H,11H2,1-4H3,(H,21,22);2*1H. The van der Waals surface area contributed by atoms with E-state index in [1.807, 2.05) is 46.0 Å². The number of aryl methyl sites for hydroxylation is 1. The Bertz CT molecular complexity index is 696. The number of carbonyl (C=O) groups excluding carboxylic acids is 1. The van der Waals surface area contributed by atoms with Crippen molar-refractivity contribution in [3.8, 4) is 11.6 Å². The molecule has 2 rings (SSSR count). The lowest BCUT2D eigenvalue weighted by molar-refractivity contribution is -0.119. The zero-order valence-corrected chi connectivity index (χ0v) is 16.5. The van der Waals surface area contributed by atoms with Crippen LogP contribution in [0.1, 0.15) is 18.1 Å². The van der Waals surface area contributed by atoms with Crippen LogP contribution in [-0.2, 0) is 4.79 Å². The molecule has 1 heterocycles. The number of ether oxygens (including phenoxy) is 1. The molecule has 0 bridgehead atoms. The van der Waals surface area contributed by atoms with Crippen LogP contribution in [0.15, 0.2) is 36.5 Å². The highest BCUT2D eigenvalue weighted by molar-refractivity contribution is 5.93. The number of hydrogen-bond acceptors (Lipinski definition) is 4. The topological polar surface area (TPSA) is 63.2 Å². The van der Waals surface area contributed by atoms with Gasteiger partial charge in [0.15, 0.2) is 0 Å². The van der Waals surface area contributed by atoms with Crippen molar-refractivity contribution >= 4 is 36.4 Å². The number of aromatic nitrogens is 1. The molecule has 0 spiro atoms. The van der Waals surface area contributed by atoms with E-state index in [1.54, 1.807) is 18.3 Å². The van der Waals surface area contributed by atoms with E-state index in [2.05, 4.69) is 15.6 Å². The van der Waals surface area contributed by atoms with Gasteiger partial charge in [0.25, 0.3) is 0 Å². The Morgan fingerprint density at radius 2 is 1.92 bits per heavy atom. The molecule has 2 aromatic rings. The van der Waals surface area contributed by atoms with Crippen LogP contribution < -0.4 is 15.4 Å². The zero-order valence-electron chi connectivity index (χ0n) is 14.8. The summed E-state index contributed by atoms with van der Waals surface area (Å²) in [6.07, 6.45) is 1.65. The Morgan fingerprint density at radius 1 is 1.20 bits per heavy atom. The Labute approximate surface area is 161 Å². The molecule has 25 heavy (non-hydrogen) atoms. The van der Waals surface area contributed by atoms with Gasteiger partial charge in [-0.1, -0.05) is 19.1 Å². The number of amides is 1. The van der Waals surface area contributed by atoms with Gasteiger partial charge in [-0.05, 0) is 50.2 Å². The first-order valence-corrected chi connectivity index (χ1v) is 7.67. The van der Waals surface area contributed by atoms with Crippen LogP contribution in [0.3, 0.4) is 0 Å². The predicted molar refractivity (Wildman–Crippen MR) is 106 cm³/mol. The summed E-state index contributed by atoms with van der Waals surface area (Å²) in [6, 6.07) is 9.43. The fourth-order valence-corrected chi connectivity index (χ4v) is 2.16. The smallest absolute Gasteiger partial charge is 0.243 e. The van der Waals surface area contributed by atoms with E-state index in [0.717, 1.165) is 16.9 Å². The maximum Gasteiger partial charge on any atom is 0.243 e. The van der Waals surface area contributed by atoms with Crippen molar-refractivity contribution in [1.29, 1.82) is 0 Å². The number of hydrogen-bond donors (Lipinski definition) is 2. The van der Waals surface area contributed by atoms with Gasteiger partial charge in [-0.15, -0.1) is 24.8 Å². The minimum atomic E-state index is -0.145. The maximum absolute atomic E-state index is 12.2. The molecule has 1 aromatic heterocycles. The van der Waals surface area contributed by atoms with Gasteiger partial charge in [0, 0.05) is 18.7 Å². The number of halogens is 2. The Balaban J connectivity index is 0.00000288. The summed E-state index contributed by atoms with van der Waals surface area (Å²) in [5.41, 5.74) is 2.77. The second kappa shape index (κ2) is 10.9. The van der Waals surface area contributed by atoms with Gasteiger partial charge < -0.3 is 15.4 Å². The van der Waals surface area contributed by atoms with E-state index in [4.69, 9.17) is 4.74 Å². The third-order valence-corrected chi connectivity index (χ3v) is 3.75. The van der Waals surface area contributed by atoms with Gasteiger partial charge in [-0.25, -0.2) is 4.98 Å². The minimum absolute atomic E-state index is 0. The molecule has 1 unspecified atom stereocenters. The zero-order chi connectivity index (χ0) is 16.8.